The topological polar surface area (TPSA) is 76.5 Å². The van der Waals surface area contributed by atoms with E-state index in [1.54, 1.807) is 24.5 Å². The third kappa shape index (κ3) is 4.52. The highest BCUT2D eigenvalue weighted by molar-refractivity contribution is 8.01. The summed E-state index contributed by atoms with van der Waals surface area (Å²) in [4.78, 5) is 13.6. The third-order valence-corrected chi connectivity index (χ3v) is 6.37. The van der Waals surface area contributed by atoms with E-state index < -0.39 is 0 Å². The lowest BCUT2D eigenvalue weighted by atomic mass is 10.2. The molecule has 0 atom stereocenters. The van der Waals surface area contributed by atoms with Gasteiger partial charge in [-0.05, 0) is 47.7 Å². The first-order valence-electron chi connectivity index (χ1n) is 9.41. The Morgan fingerprint density at radius 2 is 1.81 bits per heavy atom. The fraction of sp³-hybridized carbons (Fsp3) is 0.0455. The number of pyridine rings is 1. The summed E-state index contributed by atoms with van der Waals surface area (Å²) < 4.78 is 13.8. The Kier molecular flexibility index (Phi) is 5.51. The molecule has 0 saturated carbocycles. The molecule has 0 radical (unpaired) electrons. The fourth-order valence-corrected chi connectivity index (χ4v) is 4.71. The van der Waals surface area contributed by atoms with E-state index in [0.717, 1.165) is 31.4 Å². The zero-order chi connectivity index (χ0) is 21.0. The molecule has 0 amide bonds. The summed E-state index contributed by atoms with van der Waals surface area (Å²) in [5.74, 6) is 0.370. The van der Waals surface area contributed by atoms with Crippen LogP contribution in [0.3, 0.4) is 0 Å². The molecule has 31 heavy (non-hydrogen) atoms. The highest BCUT2D eigenvalue weighted by Crippen LogP contribution is 2.35. The summed E-state index contributed by atoms with van der Waals surface area (Å²) in [7, 11) is 0. The Bertz CT molecular complexity index is 1330. The number of para-hydroxylation sites is 1. The normalized spacial score (nSPS) is 11.0. The quantitative estimate of drug-likeness (QED) is 0.348. The van der Waals surface area contributed by atoms with Crippen molar-refractivity contribution in [2.75, 3.05) is 5.32 Å². The third-order valence-electron chi connectivity index (χ3n) is 4.44. The number of aromatic nitrogens is 5. The summed E-state index contributed by atoms with van der Waals surface area (Å²) >= 11 is 2.90. The minimum atomic E-state index is -0.249. The summed E-state index contributed by atoms with van der Waals surface area (Å²) in [5, 5.41) is 14.2. The summed E-state index contributed by atoms with van der Waals surface area (Å²) in [6.45, 7) is 0.543. The second-order valence-electron chi connectivity index (χ2n) is 6.57. The van der Waals surface area contributed by atoms with Crippen molar-refractivity contribution in [1.82, 2.24) is 25.1 Å². The first kappa shape index (κ1) is 19.5. The average Bonchev–Trinajstić information content (AvgIpc) is 3.26. The number of nitrogens with one attached hydrogen (secondary N) is 1. The molecule has 0 aliphatic heterocycles. The molecule has 0 fully saturated rings. The maximum Gasteiger partial charge on any atom is 0.206 e. The van der Waals surface area contributed by atoms with Crippen LogP contribution in [0.25, 0.3) is 22.3 Å². The van der Waals surface area contributed by atoms with E-state index in [0.29, 0.717) is 17.5 Å². The Morgan fingerprint density at radius 1 is 0.935 bits per heavy atom. The van der Waals surface area contributed by atoms with Crippen LogP contribution in [0.4, 0.5) is 9.52 Å². The lowest BCUT2D eigenvalue weighted by molar-refractivity contribution is 0.627. The Balaban J connectivity index is 1.39. The van der Waals surface area contributed by atoms with Gasteiger partial charge in [-0.25, -0.2) is 14.4 Å². The van der Waals surface area contributed by atoms with Gasteiger partial charge in [0.05, 0.1) is 5.52 Å². The Labute approximate surface area is 185 Å². The van der Waals surface area contributed by atoms with Crippen molar-refractivity contribution in [2.24, 2.45) is 0 Å². The van der Waals surface area contributed by atoms with Crippen LogP contribution in [-0.4, -0.2) is 25.1 Å². The fourth-order valence-electron chi connectivity index (χ4n) is 2.93. The van der Waals surface area contributed by atoms with E-state index in [4.69, 9.17) is 4.98 Å². The number of hydrogen-bond acceptors (Lipinski definition) is 8. The van der Waals surface area contributed by atoms with Crippen LogP contribution in [-0.2, 0) is 6.54 Å². The van der Waals surface area contributed by atoms with Gasteiger partial charge in [-0.2, -0.15) is 0 Å². The van der Waals surface area contributed by atoms with Gasteiger partial charge >= 0.3 is 0 Å². The van der Waals surface area contributed by atoms with E-state index in [9.17, 15) is 4.39 Å². The maximum absolute atomic E-state index is 13.1. The van der Waals surface area contributed by atoms with Crippen LogP contribution >= 0.6 is 23.1 Å². The SMILES string of the molecule is Fc1ccc(CNc2nnc(Sc3nc(-c4cccnc4)nc4ccccc34)s2)cc1. The highest BCUT2D eigenvalue weighted by atomic mass is 32.2. The second-order valence-corrected chi connectivity index (χ2v) is 8.78. The zero-order valence-corrected chi connectivity index (χ0v) is 17.7. The van der Waals surface area contributed by atoms with Crippen molar-refractivity contribution in [3.8, 4) is 11.4 Å². The van der Waals surface area contributed by atoms with Crippen molar-refractivity contribution in [2.45, 2.75) is 15.9 Å². The largest absolute Gasteiger partial charge is 0.356 e. The molecule has 0 bridgehead atoms. The number of fused-ring (bicyclic) bond motifs is 1. The molecule has 5 rings (SSSR count). The number of benzene rings is 2. The average molecular weight is 447 g/mol. The number of halogens is 1. The molecule has 1 N–H and O–H groups in total. The molecule has 0 unspecified atom stereocenters. The molecule has 5 aromatic rings. The van der Waals surface area contributed by atoms with Crippen LogP contribution in [0.5, 0.6) is 0 Å². The lowest BCUT2D eigenvalue weighted by Crippen LogP contribution is -1.98. The van der Waals surface area contributed by atoms with Gasteiger partial charge in [0.1, 0.15) is 10.8 Å². The van der Waals surface area contributed by atoms with E-state index in [2.05, 4.69) is 25.5 Å². The smallest absolute Gasteiger partial charge is 0.206 e. The monoisotopic (exact) mass is 446 g/mol. The van der Waals surface area contributed by atoms with Gasteiger partial charge in [0, 0.05) is 29.9 Å². The first-order valence-corrected chi connectivity index (χ1v) is 11.0. The molecular formula is C22H15FN6S2. The summed E-state index contributed by atoms with van der Waals surface area (Å²) in [5.41, 5.74) is 2.68. The molecule has 0 saturated heterocycles. The lowest BCUT2D eigenvalue weighted by Gasteiger charge is -2.07. The molecule has 152 valence electrons. The zero-order valence-electron chi connectivity index (χ0n) is 16.1. The number of hydrogen-bond donors (Lipinski definition) is 1. The number of rotatable bonds is 6. The van der Waals surface area contributed by atoms with Crippen LogP contribution < -0.4 is 5.32 Å². The van der Waals surface area contributed by atoms with Gasteiger partial charge in [-0.1, -0.05) is 41.7 Å². The molecule has 9 heteroatoms. The van der Waals surface area contributed by atoms with E-state index in [1.807, 2.05) is 36.4 Å². The van der Waals surface area contributed by atoms with Crippen LogP contribution in [0.15, 0.2) is 82.4 Å². The molecule has 0 spiro atoms. The van der Waals surface area contributed by atoms with E-state index >= 15 is 0 Å². The molecule has 0 aliphatic rings. The van der Waals surface area contributed by atoms with E-state index in [-0.39, 0.29) is 5.82 Å². The molecule has 0 aliphatic carbocycles. The second kappa shape index (κ2) is 8.75. The maximum atomic E-state index is 13.1. The first-order chi connectivity index (χ1) is 15.2. The van der Waals surface area contributed by atoms with Gasteiger partial charge in [-0.3, -0.25) is 4.98 Å². The molecule has 2 aromatic carbocycles. The summed E-state index contributed by atoms with van der Waals surface area (Å²) in [6.07, 6.45) is 3.48. The minimum Gasteiger partial charge on any atom is -0.356 e. The predicted molar refractivity (Wildman–Crippen MR) is 121 cm³/mol. The minimum absolute atomic E-state index is 0.249. The van der Waals surface area contributed by atoms with Gasteiger partial charge in [0.15, 0.2) is 10.2 Å². The van der Waals surface area contributed by atoms with Gasteiger partial charge in [0.25, 0.3) is 0 Å². The van der Waals surface area contributed by atoms with Crippen LogP contribution in [0.2, 0.25) is 0 Å². The highest BCUT2D eigenvalue weighted by Gasteiger charge is 2.13. The van der Waals surface area contributed by atoms with Crippen LogP contribution in [0.1, 0.15) is 5.56 Å². The standard InChI is InChI=1S/C22H15FN6S2/c23-16-9-7-14(8-10-16)12-25-21-28-29-22(31-21)30-20-17-5-1-2-6-18(17)26-19(27-20)15-4-3-11-24-13-15/h1-11,13H,12H2,(H,25,28). The van der Waals surface area contributed by atoms with Crippen molar-refractivity contribution in [3.63, 3.8) is 0 Å². The van der Waals surface area contributed by atoms with Gasteiger partial charge in [-0.15, -0.1) is 10.2 Å². The van der Waals surface area contributed by atoms with Gasteiger partial charge < -0.3 is 5.32 Å². The molecule has 3 heterocycles. The van der Waals surface area contributed by atoms with Crippen LogP contribution in [0, 0.1) is 5.82 Å². The number of anilines is 1. The molecule has 3 aromatic heterocycles. The van der Waals surface area contributed by atoms with Crippen molar-refractivity contribution >= 4 is 39.1 Å². The Hall–Kier alpha value is -3.43. The van der Waals surface area contributed by atoms with Gasteiger partial charge in [0.2, 0.25) is 5.13 Å². The summed E-state index contributed by atoms with van der Waals surface area (Å²) in [6, 6.07) is 18.1. The van der Waals surface area contributed by atoms with Crippen molar-refractivity contribution < 1.29 is 4.39 Å². The number of nitrogens with zero attached hydrogens (tertiary/aromatic N) is 5. The van der Waals surface area contributed by atoms with Crippen molar-refractivity contribution in [1.29, 1.82) is 0 Å². The predicted octanol–water partition coefficient (Wildman–Crippen LogP) is 5.45. The molecule has 6 nitrogen and oxygen atoms in total. The van der Waals surface area contributed by atoms with E-state index in [1.165, 1.54) is 35.2 Å². The molecular weight excluding hydrogens is 431 g/mol. The van der Waals surface area contributed by atoms with Crippen molar-refractivity contribution in [3.05, 3.63) is 84.4 Å². The Morgan fingerprint density at radius 3 is 2.65 bits per heavy atom.